The molecule has 10 heteroatoms. The van der Waals surface area contributed by atoms with Crippen LogP contribution in [0.2, 0.25) is 0 Å². The van der Waals surface area contributed by atoms with Crippen molar-refractivity contribution < 1.29 is 38.0 Å². The fourth-order valence-electron chi connectivity index (χ4n) is 4.16. The second-order valence-corrected chi connectivity index (χ2v) is 8.72. The van der Waals surface area contributed by atoms with Crippen LogP contribution in [0, 0.1) is 0 Å². The summed E-state index contributed by atoms with van der Waals surface area (Å²) in [5, 5.41) is 2.74. The van der Waals surface area contributed by atoms with E-state index >= 15 is 0 Å². The molecule has 0 unspecified atom stereocenters. The van der Waals surface area contributed by atoms with E-state index in [-0.39, 0.29) is 5.92 Å². The van der Waals surface area contributed by atoms with E-state index in [1.165, 1.54) is 22.3 Å². The number of benzene rings is 2. The number of nitrogens with one attached hydrogen (secondary N) is 1. The predicted octanol–water partition coefficient (Wildman–Crippen LogP) is 2.58. The average Bonchev–Trinajstić information content (AvgIpc) is 3.28. The molecule has 3 rings (SSSR count). The van der Waals surface area contributed by atoms with Gasteiger partial charge in [-0.2, -0.15) is 0 Å². The van der Waals surface area contributed by atoms with Crippen molar-refractivity contribution >= 4 is 6.09 Å². The summed E-state index contributed by atoms with van der Waals surface area (Å²) in [6.45, 7) is 7.11. The number of hydrogen-bond acceptors (Lipinski definition) is 9. The largest absolute Gasteiger partial charge is 0.449 e. The lowest BCUT2D eigenvalue weighted by Gasteiger charge is -2.14. The van der Waals surface area contributed by atoms with Crippen LogP contribution in [0.3, 0.4) is 0 Å². The Morgan fingerprint density at radius 3 is 1.49 bits per heavy atom. The minimum absolute atomic E-state index is 0.0466. The van der Waals surface area contributed by atoms with Crippen LogP contribution in [-0.4, -0.2) is 105 Å². The SMILES string of the molecule is NCCOCCOCCOCCOCCOCCOCCNC(=O)OCC1c2ccccc2-c2ccccc21. The lowest BCUT2D eigenvalue weighted by atomic mass is 9.98. The minimum atomic E-state index is -0.446. The maximum atomic E-state index is 12.2. The summed E-state index contributed by atoms with van der Waals surface area (Å²) >= 11 is 0. The summed E-state index contributed by atoms with van der Waals surface area (Å²) in [5.41, 5.74) is 10.1. The van der Waals surface area contributed by atoms with Crippen LogP contribution in [0.5, 0.6) is 0 Å². The molecule has 0 radical (unpaired) electrons. The van der Waals surface area contributed by atoms with Crippen molar-refractivity contribution in [3.05, 3.63) is 59.7 Å². The molecule has 0 saturated heterocycles. The number of carbonyl (C=O) groups is 1. The van der Waals surface area contributed by atoms with Gasteiger partial charge in [-0.05, 0) is 22.3 Å². The summed E-state index contributed by atoms with van der Waals surface area (Å²) in [7, 11) is 0. The molecular weight excluding hydrogens is 504 g/mol. The van der Waals surface area contributed by atoms with E-state index < -0.39 is 6.09 Å². The van der Waals surface area contributed by atoms with Gasteiger partial charge in [0.25, 0.3) is 0 Å². The van der Waals surface area contributed by atoms with Gasteiger partial charge in [0.15, 0.2) is 0 Å². The van der Waals surface area contributed by atoms with Gasteiger partial charge < -0.3 is 44.2 Å². The first-order chi connectivity index (χ1) is 19.3. The molecular formula is C29H42N2O8. The number of alkyl carbamates (subject to hydrolysis) is 1. The summed E-state index contributed by atoms with van der Waals surface area (Å²) in [6, 6.07) is 16.5. The minimum Gasteiger partial charge on any atom is -0.449 e. The third-order valence-electron chi connectivity index (χ3n) is 5.98. The Morgan fingerprint density at radius 2 is 1.03 bits per heavy atom. The van der Waals surface area contributed by atoms with Crippen LogP contribution in [0.4, 0.5) is 4.79 Å². The zero-order chi connectivity index (χ0) is 27.4. The van der Waals surface area contributed by atoms with Gasteiger partial charge in [0, 0.05) is 19.0 Å². The number of nitrogens with two attached hydrogens (primary N) is 1. The highest BCUT2D eigenvalue weighted by molar-refractivity contribution is 5.79. The normalized spacial score (nSPS) is 12.3. The molecule has 0 aromatic heterocycles. The molecule has 1 aliphatic rings. The van der Waals surface area contributed by atoms with Gasteiger partial charge >= 0.3 is 6.09 Å². The standard InChI is InChI=1S/C29H42N2O8/c30-9-11-33-13-15-35-17-19-37-21-22-38-20-18-36-16-14-34-12-10-31-29(32)39-23-28-26-7-3-1-5-24(26)25-6-2-4-8-27(25)28/h1-8,28H,9-23,30H2,(H,31,32). The molecule has 0 heterocycles. The Hall–Kier alpha value is -2.57. The van der Waals surface area contributed by atoms with Crippen molar-refractivity contribution in [1.82, 2.24) is 5.32 Å². The van der Waals surface area contributed by atoms with Crippen molar-refractivity contribution in [3.63, 3.8) is 0 Å². The molecule has 0 spiro atoms. The Labute approximate surface area is 231 Å². The first-order valence-electron chi connectivity index (χ1n) is 13.6. The molecule has 2 aromatic carbocycles. The van der Waals surface area contributed by atoms with Crippen LogP contribution < -0.4 is 11.1 Å². The second kappa shape index (κ2) is 19.5. The summed E-state index contributed by atoms with van der Waals surface area (Å²) in [5.74, 6) is 0.0466. The number of hydrogen-bond donors (Lipinski definition) is 2. The molecule has 0 bridgehead atoms. The van der Waals surface area contributed by atoms with Crippen LogP contribution in [0.15, 0.2) is 48.5 Å². The maximum Gasteiger partial charge on any atom is 0.407 e. The van der Waals surface area contributed by atoms with Gasteiger partial charge in [0.05, 0.1) is 79.3 Å². The first-order valence-corrected chi connectivity index (χ1v) is 13.6. The molecule has 0 aliphatic heterocycles. The molecule has 216 valence electrons. The summed E-state index contributed by atoms with van der Waals surface area (Å²) in [6.07, 6.45) is -0.446. The molecule has 0 fully saturated rings. The molecule has 1 amide bonds. The third-order valence-corrected chi connectivity index (χ3v) is 5.98. The number of carbonyl (C=O) groups excluding carboxylic acids is 1. The third kappa shape index (κ3) is 11.6. The number of ether oxygens (including phenoxy) is 7. The van der Waals surface area contributed by atoms with Crippen LogP contribution >= 0.6 is 0 Å². The maximum absolute atomic E-state index is 12.2. The van der Waals surface area contributed by atoms with Crippen molar-refractivity contribution in [2.24, 2.45) is 5.73 Å². The molecule has 39 heavy (non-hydrogen) atoms. The van der Waals surface area contributed by atoms with E-state index in [1.807, 2.05) is 24.3 Å². The van der Waals surface area contributed by atoms with Gasteiger partial charge in [-0.1, -0.05) is 48.5 Å². The molecule has 3 N–H and O–H groups in total. The highest BCUT2D eigenvalue weighted by atomic mass is 16.6. The van der Waals surface area contributed by atoms with Gasteiger partial charge in [0.1, 0.15) is 6.61 Å². The smallest absolute Gasteiger partial charge is 0.407 e. The second-order valence-electron chi connectivity index (χ2n) is 8.72. The monoisotopic (exact) mass is 546 g/mol. The van der Waals surface area contributed by atoms with Crippen molar-refractivity contribution in [1.29, 1.82) is 0 Å². The summed E-state index contributed by atoms with van der Waals surface area (Å²) < 4.78 is 37.9. The van der Waals surface area contributed by atoms with Gasteiger partial charge in [0.2, 0.25) is 0 Å². The fraction of sp³-hybridized carbons (Fsp3) is 0.552. The van der Waals surface area contributed by atoms with E-state index in [9.17, 15) is 4.79 Å². The molecule has 2 aromatic rings. The Kier molecular flexibility index (Phi) is 15.5. The van der Waals surface area contributed by atoms with Gasteiger partial charge in [-0.25, -0.2) is 4.79 Å². The molecule has 10 nitrogen and oxygen atoms in total. The van der Waals surface area contributed by atoms with Gasteiger partial charge in [-0.3, -0.25) is 0 Å². The lowest BCUT2D eigenvalue weighted by Crippen LogP contribution is -2.29. The Morgan fingerprint density at radius 1 is 0.615 bits per heavy atom. The van der Waals surface area contributed by atoms with Gasteiger partial charge in [-0.15, -0.1) is 0 Å². The fourth-order valence-corrected chi connectivity index (χ4v) is 4.16. The number of rotatable bonds is 22. The highest BCUT2D eigenvalue weighted by Crippen LogP contribution is 2.44. The quantitative estimate of drug-likeness (QED) is 0.215. The van der Waals surface area contributed by atoms with Crippen molar-refractivity contribution in [2.75, 3.05) is 99.0 Å². The lowest BCUT2D eigenvalue weighted by molar-refractivity contribution is -0.0162. The zero-order valence-corrected chi connectivity index (χ0v) is 22.6. The van der Waals surface area contributed by atoms with E-state index in [0.717, 1.165) is 0 Å². The van der Waals surface area contributed by atoms with Crippen LogP contribution in [-0.2, 0) is 33.2 Å². The number of fused-ring (bicyclic) bond motifs is 3. The first kappa shape index (κ1) is 31.0. The van der Waals surface area contributed by atoms with Crippen molar-refractivity contribution in [2.45, 2.75) is 5.92 Å². The number of amides is 1. The Balaban J connectivity index is 1.09. The van der Waals surface area contributed by atoms with E-state index in [4.69, 9.17) is 38.9 Å². The predicted molar refractivity (Wildman–Crippen MR) is 147 cm³/mol. The van der Waals surface area contributed by atoms with E-state index in [0.29, 0.717) is 99.0 Å². The highest BCUT2D eigenvalue weighted by Gasteiger charge is 2.28. The van der Waals surface area contributed by atoms with E-state index in [2.05, 4.69) is 29.6 Å². The molecule has 1 aliphatic carbocycles. The van der Waals surface area contributed by atoms with Crippen LogP contribution in [0.1, 0.15) is 17.0 Å². The molecule has 0 atom stereocenters. The topological polar surface area (TPSA) is 120 Å². The van der Waals surface area contributed by atoms with Crippen molar-refractivity contribution in [3.8, 4) is 11.1 Å². The molecule has 0 saturated carbocycles. The van der Waals surface area contributed by atoms with Crippen LogP contribution in [0.25, 0.3) is 11.1 Å². The average molecular weight is 547 g/mol. The zero-order valence-electron chi connectivity index (χ0n) is 22.6. The Bertz CT molecular complexity index is 900. The van der Waals surface area contributed by atoms with E-state index in [1.54, 1.807) is 0 Å². The summed E-state index contributed by atoms with van der Waals surface area (Å²) in [4.78, 5) is 12.2.